The molecule has 282 valence electrons. The molecule has 0 radical (unpaired) electrons. The molecule has 56 heavy (non-hydrogen) atoms. The Balaban J connectivity index is 1.12. The fourth-order valence-corrected chi connectivity index (χ4v) is 10.1. The molecule has 0 spiro atoms. The molecule has 4 nitrogen and oxygen atoms in total. The van der Waals surface area contributed by atoms with Crippen molar-refractivity contribution in [3.8, 4) is 33.8 Å². The molecule has 4 heteroatoms. The van der Waals surface area contributed by atoms with Gasteiger partial charge in [-0.1, -0.05) is 118 Å². The average Bonchev–Trinajstić information content (AvgIpc) is 3.90. The number of hydrogen-bond donors (Lipinski definition) is 0. The van der Waals surface area contributed by atoms with E-state index in [0.29, 0.717) is 0 Å². The number of nitrogens with zero attached hydrogens (tertiary/aromatic N) is 1. The Kier molecular flexibility index (Phi) is 8.78. The van der Waals surface area contributed by atoms with Crippen LogP contribution >= 0.6 is 0 Å². The van der Waals surface area contributed by atoms with Crippen LogP contribution in [0.5, 0.6) is 11.5 Å². The van der Waals surface area contributed by atoms with Gasteiger partial charge < -0.3 is 19.1 Å². The van der Waals surface area contributed by atoms with Crippen LogP contribution in [0.3, 0.4) is 0 Å². The van der Waals surface area contributed by atoms with Crippen molar-refractivity contribution in [2.75, 3.05) is 37.8 Å². The lowest BCUT2D eigenvalue weighted by Crippen LogP contribution is -2.37. The maximum Gasteiger partial charge on any atom is 0.178 e. The van der Waals surface area contributed by atoms with Gasteiger partial charge in [0.05, 0.1) is 19.8 Å². The Hall–Kier alpha value is -5.32. The van der Waals surface area contributed by atoms with E-state index in [4.69, 9.17) is 14.2 Å². The first kappa shape index (κ1) is 35.1. The number of benzene rings is 6. The summed E-state index contributed by atoms with van der Waals surface area (Å²) in [6.07, 6.45) is 9.16. The molecule has 2 fully saturated rings. The van der Waals surface area contributed by atoms with Gasteiger partial charge in [0.1, 0.15) is 11.5 Å². The van der Waals surface area contributed by atoms with Crippen molar-refractivity contribution in [1.82, 2.24) is 0 Å². The fraction of sp³-hybridized carbons (Fsp3) is 0.308. The average molecular weight is 738 g/mol. The molecule has 1 saturated heterocycles. The van der Waals surface area contributed by atoms with Crippen LogP contribution in [0.25, 0.3) is 39.1 Å². The van der Waals surface area contributed by atoms with Gasteiger partial charge in [-0.2, -0.15) is 0 Å². The molecule has 0 bridgehead atoms. The summed E-state index contributed by atoms with van der Waals surface area (Å²) < 4.78 is 19.6. The van der Waals surface area contributed by atoms with Gasteiger partial charge in [-0.05, 0) is 113 Å². The molecule has 2 aliphatic heterocycles. The second-order valence-corrected chi connectivity index (χ2v) is 16.4. The Labute approximate surface area is 331 Å². The summed E-state index contributed by atoms with van der Waals surface area (Å²) in [6, 6.07) is 44.6. The first-order valence-corrected chi connectivity index (χ1v) is 20.9. The molecule has 4 aliphatic rings. The molecule has 0 N–H and O–H groups in total. The van der Waals surface area contributed by atoms with Gasteiger partial charge in [-0.3, -0.25) is 0 Å². The second kappa shape index (κ2) is 14.0. The zero-order valence-electron chi connectivity index (χ0n) is 32.9. The van der Waals surface area contributed by atoms with Crippen molar-refractivity contribution in [3.05, 3.63) is 155 Å². The third-order valence-electron chi connectivity index (χ3n) is 13.5. The smallest absolute Gasteiger partial charge is 0.178 e. The highest BCUT2D eigenvalue weighted by atomic mass is 16.5. The van der Waals surface area contributed by atoms with Crippen LogP contribution in [-0.4, -0.2) is 32.9 Å². The van der Waals surface area contributed by atoms with E-state index >= 15 is 0 Å². The standard InChI is InChI=1S/C52H51NO3/c1-4-51(5-2)47-34-38(36-11-7-6-8-12-36)15-24-45(47)48-43-13-9-10-14-44(43)50-46(49(48)51)25-27-52(56-50,39-16-20-41(21-17-39)53-28-31-54-32-29-53)40-18-22-42(23-19-40)55-30-26-37-33-35(37)3/h6-25,27,34-35,37H,4-5,26,28-33H2,1-3H3. The minimum atomic E-state index is -0.845. The van der Waals surface area contributed by atoms with Crippen molar-refractivity contribution in [3.63, 3.8) is 0 Å². The Bertz CT molecular complexity index is 2420. The van der Waals surface area contributed by atoms with Gasteiger partial charge in [0.25, 0.3) is 0 Å². The highest BCUT2D eigenvalue weighted by Gasteiger charge is 2.47. The summed E-state index contributed by atoms with van der Waals surface area (Å²) in [7, 11) is 0. The second-order valence-electron chi connectivity index (χ2n) is 16.4. The minimum absolute atomic E-state index is 0.158. The normalized spacial score (nSPS) is 21.6. The number of fused-ring (bicyclic) bond motifs is 8. The molecule has 3 atom stereocenters. The zero-order valence-corrected chi connectivity index (χ0v) is 32.9. The lowest BCUT2D eigenvalue weighted by atomic mass is 9.70. The molecule has 2 aliphatic carbocycles. The van der Waals surface area contributed by atoms with E-state index in [0.717, 1.165) is 92.0 Å². The van der Waals surface area contributed by atoms with Gasteiger partial charge in [-0.15, -0.1) is 0 Å². The predicted molar refractivity (Wildman–Crippen MR) is 230 cm³/mol. The lowest BCUT2D eigenvalue weighted by molar-refractivity contribution is 0.122. The van der Waals surface area contributed by atoms with E-state index in [9.17, 15) is 0 Å². The summed E-state index contributed by atoms with van der Waals surface area (Å²) in [5.41, 5.74) is 11.6. The quantitative estimate of drug-likeness (QED) is 0.140. The van der Waals surface area contributed by atoms with E-state index in [1.807, 2.05) is 0 Å². The van der Waals surface area contributed by atoms with Crippen LogP contribution in [0.1, 0.15) is 74.3 Å². The number of rotatable bonds is 10. The van der Waals surface area contributed by atoms with E-state index in [1.54, 1.807) is 0 Å². The van der Waals surface area contributed by atoms with Gasteiger partial charge in [-0.25, -0.2) is 0 Å². The first-order chi connectivity index (χ1) is 27.5. The molecule has 2 heterocycles. The van der Waals surface area contributed by atoms with Crippen molar-refractivity contribution in [2.24, 2.45) is 11.8 Å². The first-order valence-electron chi connectivity index (χ1n) is 20.9. The number of morpholine rings is 1. The molecule has 0 amide bonds. The van der Waals surface area contributed by atoms with Crippen LogP contribution in [0.4, 0.5) is 5.69 Å². The van der Waals surface area contributed by atoms with E-state index in [-0.39, 0.29) is 5.41 Å². The Morgan fingerprint density at radius 1 is 0.750 bits per heavy atom. The Morgan fingerprint density at radius 2 is 1.43 bits per heavy atom. The van der Waals surface area contributed by atoms with Crippen LogP contribution in [0.2, 0.25) is 0 Å². The fourth-order valence-electron chi connectivity index (χ4n) is 10.1. The molecular weight excluding hydrogens is 687 g/mol. The summed E-state index contributed by atoms with van der Waals surface area (Å²) in [5, 5.41) is 2.40. The van der Waals surface area contributed by atoms with Crippen LogP contribution in [0, 0.1) is 11.8 Å². The van der Waals surface area contributed by atoms with Gasteiger partial charge in [0.2, 0.25) is 0 Å². The molecule has 3 unspecified atom stereocenters. The van der Waals surface area contributed by atoms with Crippen molar-refractivity contribution in [2.45, 2.75) is 57.5 Å². The van der Waals surface area contributed by atoms with E-state index in [1.165, 1.54) is 56.4 Å². The summed E-state index contributed by atoms with van der Waals surface area (Å²) in [6.45, 7) is 11.1. The number of anilines is 1. The third-order valence-corrected chi connectivity index (χ3v) is 13.5. The van der Waals surface area contributed by atoms with Crippen molar-refractivity contribution >= 4 is 22.5 Å². The summed E-state index contributed by atoms with van der Waals surface area (Å²) in [5.74, 6) is 3.52. The van der Waals surface area contributed by atoms with E-state index < -0.39 is 5.60 Å². The van der Waals surface area contributed by atoms with Gasteiger partial charge in [0, 0.05) is 46.3 Å². The molecular formula is C52H51NO3. The molecule has 1 saturated carbocycles. The minimum Gasteiger partial charge on any atom is -0.494 e. The highest BCUT2D eigenvalue weighted by Crippen LogP contribution is 2.60. The zero-order chi connectivity index (χ0) is 37.9. The maximum atomic E-state index is 7.70. The van der Waals surface area contributed by atoms with Crippen molar-refractivity contribution < 1.29 is 14.2 Å². The van der Waals surface area contributed by atoms with Crippen molar-refractivity contribution in [1.29, 1.82) is 0 Å². The highest BCUT2D eigenvalue weighted by molar-refractivity contribution is 6.09. The third kappa shape index (κ3) is 5.67. The van der Waals surface area contributed by atoms with Crippen LogP contribution in [0.15, 0.2) is 127 Å². The molecule has 10 rings (SSSR count). The maximum absolute atomic E-state index is 7.70. The molecule has 0 aromatic heterocycles. The largest absolute Gasteiger partial charge is 0.494 e. The summed E-state index contributed by atoms with van der Waals surface area (Å²) in [4.78, 5) is 2.41. The Morgan fingerprint density at radius 3 is 2.12 bits per heavy atom. The van der Waals surface area contributed by atoms with Gasteiger partial charge in [0.15, 0.2) is 5.60 Å². The molecule has 6 aromatic rings. The van der Waals surface area contributed by atoms with E-state index in [2.05, 4.69) is 159 Å². The SMILES string of the molecule is CCC1(CC)c2cc(-c3ccccc3)ccc2-c2c1c1c(c3ccccc23)OC(c2ccc(OCCC3CC3C)cc2)(c2ccc(N3CCOCC3)cc2)C=C1. The van der Waals surface area contributed by atoms with Crippen LogP contribution in [-0.2, 0) is 15.8 Å². The van der Waals surface area contributed by atoms with Crippen LogP contribution < -0.4 is 14.4 Å². The predicted octanol–water partition coefficient (Wildman–Crippen LogP) is 12.2. The number of hydrogen-bond acceptors (Lipinski definition) is 4. The number of ether oxygens (including phenoxy) is 3. The summed E-state index contributed by atoms with van der Waals surface area (Å²) >= 11 is 0. The molecule has 6 aromatic carbocycles. The lowest BCUT2D eigenvalue weighted by Gasteiger charge is -2.39. The van der Waals surface area contributed by atoms with Gasteiger partial charge >= 0.3 is 0 Å². The monoisotopic (exact) mass is 737 g/mol. The topological polar surface area (TPSA) is 30.9 Å².